The van der Waals surface area contributed by atoms with E-state index in [0.29, 0.717) is 6.54 Å². The van der Waals surface area contributed by atoms with Crippen molar-refractivity contribution in [1.82, 2.24) is 9.44 Å². The Balaban J connectivity index is 1.91. The van der Waals surface area contributed by atoms with Gasteiger partial charge in [-0.1, -0.05) is 0 Å². The van der Waals surface area contributed by atoms with Crippen LogP contribution in [0.1, 0.15) is 25.7 Å². The molecule has 4 N–H and O–H groups in total. The van der Waals surface area contributed by atoms with E-state index in [-0.39, 0.29) is 11.6 Å². The molecule has 13 heavy (non-hydrogen) atoms. The third-order valence-corrected chi connectivity index (χ3v) is 3.84. The fourth-order valence-corrected chi connectivity index (χ4v) is 2.82. The molecule has 5 nitrogen and oxygen atoms in total. The zero-order chi connectivity index (χ0) is 9.53. The fourth-order valence-electron chi connectivity index (χ4n) is 1.23. The molecular weight excluding hydrogens is 190 g/mol. The zero-order valence-electron chi connectivity index (χ0n) is 7.41. The SMILES string of the molecule is NCC1(NS(=O)(=O)NC2CC2)CC1. The molecule has 0 spiro atoms. The van der Waals surface area contributed by atoms with Gasteiger partial charge in [0.25, 0.3) is 10.2 Å². The molecule has 0 aromatic heterocycles. The molecule has 0 saturated heterocycles. The molecule has 0 heterocycles. The van der Waals surface area contributed by atoms with Gasteiger partial charge in [0.2, 0.25) is 0 Å². The Morgan fingerprint density at radius 3 is 2.38 bits per heavy atom. The first-order valence-electron chi connectivity index (χ1n) is 4.57. The summed E-state index contributed by atoms with van der Waals surface area (Å²) in [6, 6.07) is 0.158. The van der Waals surface area contributed by atoms with Crippen molar-refractivity contribution >= 4 is 10.2 Å². The van der Waals surface area contributed by atoms with Crippen molar-refractivity contribution in [2.24, 2.45) is 5.73 Å². The number of hydrogen-bond donors (Lipinski definition) is 3. The van der Waals surface area contributed by atoms with E-state index < -0.39 is 10.2 Å². The van der Waals surface area contributed by atoms with Crippen LogP contribution in [0, 0.1) is 0 Å². The second kappa shape index (κ2) is 2.91. The highest BCUT2D eigenvalue weighted by Crippen LogP contribution is 2.34. The molecular formula is C7H15N3O2S. The van der Waals surface area contributed by atoms with Crippen LogP contribution in [-0.4, -0.2) is 26.5 Å². The van der Waals surface area contributed by atoms with Gasteiger partial charge in [0.1, 0.15) is 0 Å². The van der Waals surface area contributed by atoms with Crippen LogP contribution < -0.4 is 15.2 Å². The van der Waals surface area contributed by atoms with Crippen molar-refractivity contribution in [2.45, 2.75) is 37.3 Å². The summed E-state index contributed by atoms with van der Waals surface area (Å²) in [6.07, 6.45) is 3.62. The highest BCUT2D eigenvalue weighted by atomic mass is 32.2. The first kappa shape index (κ1) is 9.39. The normalized spacial score (nSPS) is 25.9. The number of rotatable bonds is 5. The Bertz CT molecular complexity index is 293. The molecule has 6 heteroatoms. The van der Waals surface area contributed by atoms with Gasteiger partial charge < -0.3 is 5.73 Å². The van der Waals surface area contributed by atoms with E-state index >= 15 is 0 Å². The summed E-state index contributed by atoms with van der Waals surface area (Å²) in [5.41, 5.74) is 5.14. The van der Waals surface area contributed by atoms with E-state index in [1.165, 1.54) is 0 Å². The summed E-state index contributed by atoms with van der Waals surface area (Å²) in [5, 5.41) is 0. The highest BCUT2D eigenvalue weighted by Gasteiger charge is 2.45. The largest absolute Gasteiger partial charge is 0.329 e. The molecule has 2 rings (SSSR count). The van der Waals surface area contributed by atoms with Crippen LogP contribution in [0.15, 0.2) is 0 Å². The molecule has 2 aliphatic carbocycles. The van der Waals surface area contributed by atoms with Gasteiger partial charge in [-0.3, -0.25) is 0 Å². The lowest BCUT2D eigenvalue weighted by molar-refractivity contribution is 0.532. The van der Waals surface area contributed by atoms with Crippen LogP contribution in [0.3, 0.4) is 0 Å². The molecule has 0 aromatic carbocycles. The van der Waals surface area contributed by atoms with E-state index in [9.17, 15) is 8.42 Å². The molecule has 0 amide bonds. The van der Waals surface area contributed by atoms with E-state index in [1.54, 1.807) is 0 Å². The minimum Gasteiger partial charge on any atom is -0.329 e. The third-order valence-electron chi connectivity index (χ3n) is 2.49. The number of hydrogen-bond acceptors (Lipinski definition) is 3. The highest BCUT2D eigenvalue weighted by molar-refractivity contribution is 7.87. The van der Waals surface area contributed by atoms with E-state index in [0.717, 1.165) is 25.7 Å². The summed E-state index contributed by atoms with van der Waals surface area (Å²) >= 11 is 0. The van der Waals surface area contributed by atoms with Gasteiger partial charge in [-0.2, -0.15) is 17.9 Å². The predicted octanol–water partition coefficient (Wildman–Crippen LogP) is -0.936. The molecule has 0 aliphatic heterocycles. The van der Waals surface area contributed by atoms with Crippen molar-refractivity contribution in [1.29, 1.82) is 0 Å². The van der Waals surface area contributed by atoms with E-state index in [2.05, 4.69) is 9.44 Å². The average Bonchev–Trinajstić information content (AvgIpc) is 2.86. The monoisotopic (exact) mass is 205 g/mol. The quantitative estimate of drug-likeness (QED) is 0.542. The van der Waals surface area contributed by atoms with Crippen LogP contribution in [-0.2, 0) is 10.2 Å². The Morgan fingerprint density at radius 2 is 2.00 bits per heavy atom. The van der Waals surface area contributed by atoms with Gasteiger partial charge in [0, 0.05) is 18.1 Å². The van der Waals surface area contributed by atoms with Crippen LogP contribution >= 0.6 is 0 Å². The Kier molecular flexibility index (Phi) is 2.10. The van der Waals surface area contributed by atoms with E-state index in [4.69, 9.17) is 5.73 Å². The molecule has 0 unspecified atom stereocenters. The lowest BCUT2D eigenvalue weighted by Crippen LogP contribution is -2.48. The molecule has 2 fully saturated rings. The van der Waals surface area contributed by atoms with Gasteiger partial charge in [-0.15, -0.1) is 0 Å². The zero-order valence-corrected chi connectivity index (χ0v) is 8.23. The maximum Gasteiger partial charge on any atom is 0.277 e. The van der Waals surface area contributed by atoms with Gasteiger partial charge >= 0.3 is 0 Å². The lowest BCUT2D eigenvalue weighted by atomic mass is 10.3. The van der Waals surface area contributed by atoms with Crippen LogP contribution in [0.25, 0.3) is 0 Å². The second-order valence-corrected chi connectivity index (χ2v) is 5.43. The summed E-state index contributed by atoms with van der Waals surface area (Å²) in [6.45, 7) is 0.387. The maximum atomic E-state index is 11.4. The molecule has 0 bridgehead atoms. The molecule has 0 atom stereocenters. The first-order valence-corrected chi connectivity index (χ1v) is 6.05. The Morgan fingerprint density at radius 1 is 1.38 bits per heavy atom. The van der Waals surface area contributed by atoms with Gasteiger partial charge in [0.05, 0.1) is 0 Å². The molecule has 0 radical (unpaired) electrons. The first-order chi connectivity index (χ1) is 6.05. The van der Waals surface area contributed by atoms with Crippen molar-refractivity contribution in [3.63, 3.8) is 0 Å². The van der Waals surface area contributed by atoms with Crippen molar-refractivity contribution < 1.29 is 8.42 Å². The topological polar surface area (TPSA) is 84.2 Å². The lowest BCUT2D eigenvalue weighted by Gasteiger charge is -2.15. The minimum atomic E-state index is -3.31. The summed E-state index contributed by atoms with van der Waals surface area (Å²) in [4.78, 5) is 0. The summed E-state index contributed by atoms with van der Waals surface area (Å²) in [7, 11) is -3.31. The minimum absolute atomic E-state index is 0.158. The molecule has 2 saturated carbocycles. The third kappa shape index (κ3) is 2.40. The van der Waals surface area contributed by atoms with Crippen molar-refractivity contribution in [3.8, 4) is 0 Å². The van der Waals surface area contributed by atoms with Gasteiger partial charge in [-0.25, -0.2) is 0 Å². The molecule has 2 aliphatic rings. The van der Waals surface area contributed by atoms with Gasteiger partial charge in [-0.05, 0) is 25.7 Å². The second-order valence-electron chi connectivity index (χ2n) is 3.98. The van der Waals surface area contributed by atoms with E-state index in [1.807, 2.05) is 0 Å². The van der Waals surface area contributed by atoms with Crippen molar-refractivity contribution in [3.05, 3.63) is 0 Å². The summed E-state index contributed by atoms with van der Waals surface area (Å²) in [5.74, 6) is 0. The number of nitrogens with one attached hydrogen (secondary N) is 2. The van der Waals surface area contributed by atoms with Crippen molar-refractivity contribution in [2.75, 3.05) is 6.54 Å². The standard InChI is InChI=1S/C7H15N3O2S/c8-5-7(3-4-7)10-13(11,12)9-6-1-2-6/h6,9-10H,1-5,8H2. The van der Waals surface area contributed by atoms with Crippen LogP contribution in [0.2, 0.25) is 0 Å². The predicted molar refractivity (Wildman–Crippen MR) is 49.2 cm³/mol. The van der Waals surface area contributed by atoms with Crippen LogP contribution in [0.5, 0.6) is 0 Å². The Labute approximate surface area is 78.3 Å². The molecule has 0 aromatic rings. The van der Waals surface area contributed by atoms with Crippen LogP contribution in [0.4, 0.5) is 0 Å². The maximum absolute atomic E-state index is 11.4. The fraction of sp³-hybridized carbons (Fsp3) is 1.00. The Hall–Kier alpha value is -0.170. The summed E-state index contributed by atoms with van der Waals surface area (Å²) < 4.78 is 28.0. The number of nitrogens with two attached hydrogens (primary N) is 1. The smallest absolute Gasteiger partial charge is 0.277 e. The van der Waals surface area contributed by atoms with Gasteiger partial charge in [0.15, 0.2) is 0 Å². The molecule has 76 valence electrons. The average molecular weight is 205 g/mol.